The average Bonchev–Trinajstić information content (AvgIpc) is 3.08. The van der Waals surface area contributed by atoms with E-state index in [2.05, 4.69) is 15.4 Å². The predicted molar refractivity (Wildman–Crippen MR) is 107 cm³/mol. The summed E-state index contributed by atoms with van der Waals surface area (Å²) in [5, 5.41) is 6.92. The highest BCUT2D eigenvalue weighted by Crippen LogP contribution is 2.38. The Morgan fingerprint density at radius 3 is 2.82 bits per heavy atom. The molecule has 2 aliphatic rings. The van der Waals surface area contributed by atoms with Crippen LogP contribution in [0.15, 0.2) is 33.7 Å². The lowest BCUT2D eigenvalue weighted by Crippen LogP contribution is -2.49. The summed E-state index contributed by atoms with van der Waals surface area (Å²) in [7, 11) is 0. The van der Waals surface area contributed by atoms with Gasteiger partial charge in [0.05, 0.1) is 23.2 Å². The van der Waals surface area contributed by atoms with E-state index in [0.29, 0.717) is 30.3 Å². The van der Waals surface area contributed by atoms with Gasteiger partial charge in [0, 0.05) is 48.6 Å². The number of halogens is 1. The van der Waals surface area contributed by atoms with Gasteiger partial charge in [-0.05, 0) is 25.1 Å². The van der Waals surface area contributed by atoms with Crippen molar-refractivity contribution in [3.05, 3.63) is 40.7 Å². The van der Waals surface area contributed by atoms with Gasteiger partial charge in [-0.2, -0.15) is 0 Å². The molecule has 2 amide bonds. The van der Waals surface area contributed by atoms with E-state index in [-0.39, 0.29) is 18.2 Å². The molecule has 0 spiro atoms. The van der Waals surface area contributed by atoms with Gasteiger partial charge < -0.3 is 14.7 Å². The number of thioether (sulfide) groups is 1. The molecule has 1 atom stereocenters. The molecule has 3 heterocycles. The van der Waals surface area contributed by atoms with E-state index < -0.39 is 5.25 Å². The Kier molecular flexibility index (Phi) is 5.61. The summed E-state index contributed by atoms with van der Waals surface area (Å²) >= 11 is 7.40. The number of aryl methyl sites for hydroxylation is 1. The summed E-state index contributed by atoms with van der Waals surface area (Å²) in [5.74, 6) is 0.707. The van der Waals surface area contributed by atoms with Crippen LogP contribution in [-0.2, 0) is 16.1 Å². The molecule has 2 aromatic rings. The first-order valence-corrected chi connectivity index (χ1v) is 10.4. The maximum absolute atomic E-state index is 12.7. The number of benzene rings is 1. The Labute approximate surface area is 172 Å². The normalized spacial score (nSPS) is 20.0. The number of aromatic nitrogens is 1. The number of hydrogen-bond acceptors (Lipinski definition) is 6. The average molecular weight is 421 g/mol. The first-order chi connectivity index (χ1) is 13.5. The summed E-state index contributed by atoms with van der Waals surface area (Å²) < 4.78 is 5.26. The maximum atomic E-state index is 12.7. The molecule has 9 heteroatoms. The molecule has 2 aliphatic heterocycles. The largest absolute Gasteiger partial charge is 0.360 e. The number of amides is 2. The minimum Gasteiger partial charge on any atom is -0.360 e. The van der Waals surface area contributed by atoms with Crippen molar-refractivity contribution in [3.8, 4) is 0 Å². The topological polar surface area (TPSA) is 78.7 Å². The van der Waals surface area contributed by atoms with Gasteiger partial charge in [-0.3, -0.25) is 14.5 Å². The van der Waals surface area contributed by atoms with Crippen LogP contribution in [0.1, 0.15) is 17.9 Å². The van der Waals surface area contributed by atoms with E-state index in [4.69, 9.17) is 16.1 Å². The molecular formula is C19H21ClN4O3S. The molecule has 0 radical (unpaired) electrons. The molecule has 1 N–H and O–H groups in total. The van der Waals surface area contributed by atoms with Crippen LogP contribution in [0, 0.1) is 6.92 Å². The summed E-state index contributed by atoms with van der Waals surface area (Å²) in [6.45, 7) is 5.45. The molecular weight excluding hydrogens is 400 g/mol. The third kappa shape index (κ3) is 4.34. The lowest BCUT2D eigenvalue weighted by Gasteiger charge is -2.35. The number of piperazine rings is 1. The lowest BCUT2D eigenvalue weighted by molar-refractivity contribution is -0.134. The highest BCUT2D eigenvalue weighted by Gasteiger charge is 2.31. The van der Waals surface area contributed by atoms with Crippen molar-refractivity contribution in [3.63, 3.8) is 0 Å². The Bertz CT molecular complexity index is 895. The van der Waals surface area contributed by atoms with Crippen LogP contribution in [-0.4, -0.2) is 58.2 Å². The van der Waals surface area contributed by atoms with Crippen LogP contribution in [0.3, 0.4) is 0 Å². The first-order valence-electron chi connectivity index (χ1n) is 9.17. The third-order valence-corrected chi connectivity index (χ3v) is 6.41. The SMILES string of the molecule is Cc1cc(CN2CCN(C(=O)CC3Sc4ccc(Cl)cc4NC3=O)CC2)on1. The summed E-state index contributed by atoms with van der Waals surface area (Å²) in [6, 6.07) is 7.33. The number of anilines is 1. The third-order valence-electron chi connectivity index (χ3n) is 4.90. The second-order valence-corrected chi connectivity index (χ2v) is 8.71. The van der Waals surface area contributed by atoms with E-state index in [1.165, 1.54) is 11.8 Å². The number of nitrogens with zero attached hydrogens (tertiary/aromatic N) is 3. The van der Waals surface area contributed by atoms with Crippen molar-refractivity contribution in [1.29, 1.82) is 0 Å². The smallest absolute Gasteiger partial charge is 0.238 e. The molecule has 4 rings (SSSR count). The van der Waals surface area contributed by atoms with Gasteiger partial charge in [-0.1, -0.05) is 16.8 Å². The van der Waals surface area contributed by atoms with Gasteiger partial charge in [-0.25, -0.2) is 0 Å². The summed E-state index contributed by atoms with van der Waals surface area (Å²) in [6.07, 6.45) is 0.194. The fourth-order valence-corrected chi connectivity index (χ4v) is 4.67. The van der Waals surface area contributed by atoms with Gasteiger partial charge in [0.1, 0.15) is 0 Å². The monoisotopic (exact) mass is 420 g/mol. The molecule has 1 unspecified atom stereocenters. The number of carbonyl (C=O) groups excluding carboxylic acids is 2. The Morgan fingerprint density at radius 1 is 1.32 bits per heavy atom. The Morgan fingerprint density at radius 2 is 2.11 bits per heavy atom. The number of nitrogens with one attached hydrogen (secondary N) is 1. The Balaban J connectivity index is 1.30. The van der Waals surface area contributed by atoms with E-state index in [0.717, 1.165) is 29.4 Å². The number of rotatable bonds is 4. The molecule has 28 heavy (non-hydrogen) atoms. The van der Waals surface area contributed by atoms with Crippen LogP contribution in [0.4, 0.5) is 5.69 Å². The molecule has 1 fully saturated rings. The van der Waals surface area contributed by atoms with E-state index in [1.54, 1.807) is 12.1 Å². The quantitative estimate of drug-likeness (QED) is 0.819. The highest BCUT2D eigenvalue weighted by molar-refractivity contribution is 8.01. The standard InChI is InChI=1S/C19H21ClN4O3S/c1-12-8-14(27-22-12)11-23-4-6-24(7-5-23)18(25)10-17-19(26)21-15-9-13(20)2-3-16(15)28-17/h2-3,8-9,17H,4-7,10-11H2,1H3,(H,21,26). The fourth-order valence-electron chi connectivity index (χ4n) is 3.41. The number of fused-ring (bicyclic) bond motifs is 1. The molecule has 0 aliphatic carbocycles. The van der Waals surface area contributed by atoms with Crippen LogP contribution in [0.25, 0.3) is 0 Å². The van der Waals surface area contributed by atoms with E-state index in [9.17, 15) is 9.59 Å². The molecule has 1 aromatic heterocycles. The molecule has 7 nitrogen and oxygen atoms in total. The fraction of sp³-hybridized carbons (Fsp3) is 0.421. The highest BCUT2D eigenvalue weighted by atomic mass is 35.5. The Hall–Kier alpha value is -2.03. The zero-order valence-electron chi connectivity index (χ0n) is 15.5. The molecule has 148 valence electrons. The first kappa shape index (κ1) is 19.3. The lowest BCUT2D eigenvalue weighted by atomic mass is 10.2. The van der Waals surface area contributed by atoms with Crippen LogP contribution < -0.4 is 5.32 Å². The molecule has 0 saturated carbocycles. The molecule has 1 saturated heterocycles. The van der Waals surface area contributed by atoms with Gasteiger partial charge >= 0.3 is 0 Å². The van der Waals surface area contributed by atoms with Crippen molar-refractivity contribution in [2.24, 2.45) is 0 Å². The van der Waals surface area contributed by atoms with Gasteiger partial charge in [0.15, 0.2) is 5.76 Å². The summed E-state index contributed by atoms with van der Waals surface area (Å²) in [4.78, 5) is 30.1. The van der Waals surface area contributed by atoms with Crippen molar-refractivity contribution in [1.82, 2.24) is 15.0 Å². The van der Waals surface area contributed by atoms with Gasteiger partial charge in [0.25, 0.3) is 0 Å². The summed E-state index contributed by atoms with van der Waals surface area (Å²) in [5.41, 5.74) is 1.58. The molecule has 1 aromatic carbocycles. The number of carbonyl (C=O) groups is 2. The second-order valence-electron chi connectivity index (χ2n) is 7.03. The minimum absolute atomic E-state index is 0.0141. The minimum atomic E-state index is -0.420. The van der Waals surface area contributed by atoms with Crippen molar-refractivity contribution in [2.75, 3.05) is 31.5 Å². The van der Waals surface area contributed by atoms with Crippen LogP contribution >= 0.6 is 23.4 Å². The number of hydrogen-bond donors (Lipinski definition) is 1. The van der Waals surface area contributed by atoms with Gasteiger partial charge in [-0.15, -0.1) is 11.8 Å². The maximum Gasteiger partial charge on any atom is 0.238 e. The second kappa shape index (κ2) is 8.14. The molecule has 0 bridgehead atoms. The zero-order chi connectivity index (χ0) is 19.7. The van der Waals surface area contributed by atoms with Crippen molar-refractivity contribution in [2.45, 2.75) is 30.0 Å². The zero-order valence-corrected chi connectivity index (χ0v) is 17.1. The van der Waals surface area contributed by atoms with Gasteiger partial charge in [0.2, 0.25) is 11.8 Å². The predicted octanol–water partition coefficient (Wildman–Crippen LogP) is 2.78. The van der Waals surface area contributed by atoms with Crippen molar-refractivity contribution < 1.29 is 14.1 Å². The van der Waals surface area contributed by atoms with E-state index >= 15 is 0 Å². The van der Waals surface area contributed by atoms with Crippen molar-refractivity contribution >= 4 is 40.9 Å². The van der Waals surface area contributed by atoms with Crippen LogP contribution in [0.2, 0.25) is 5.02 Å². The van der Waals surface area contributed by atoms with E-state index in [1.807, 2.05) is 24.0 Å². The van der Waals surface area contributed by atoms with Crippen LogP contribution in [0.5, 0.6) is 0 Å².